The van der Waals surface area contributed by atoms with Gasteiger partial charge in [0, 0.05) is 44.1 Å². The fraction of sp³-hybridized carbons (Fsp3) is 0.238. The maximum Gasteiger partial charge on any atom is 0.261 e. The predicted molar refractivity (Wildman–Crippen MR) is 106 cm³/mol. The number of hydrogen-bond acceptors (Lipinski definition) is 5. The summed E-state index contributed by atoms with van der Waals surface area (Å²) in [6.07, 6.45) is 0.543. The summed E-state index contributed by atoms with van der Waals surface area (Å²) in [4.78, 5) is 50.3. The molecular weight excluding hydrogens is 374 g/mol. The summed E-state index contributed by atoms with van der Waals surface area (Å²) in [7, 11) is 3.09. The van der Waals surface area contributed by atoms with Crippen molar-refractivity contribution in [1.82, 2.24) is 10.2 Å². The minimum Gasteiger partial charge on any atom is -0.385 e. The van der Waals surface area contributed by atoms with Gasteiger partial charge in [0.05, 0.1) is 11.1 Å². The molecule has 0 spiro atoms. The number of nitrogens with one attached hydrogen (secondary N) is 2. The van der Waals surface area contributed by atoms with E-state index in [-0.39, 0.29) is 29.5 Å². The van der Waals surface area contributed by atoms with Crippen LogP contribution in [-0.4, -0.2) is 55.8 Å². The fourth-order valence-corrected chi connectivity index (χ4v) is 3.05. The molecule has 1 heterocycles. The molecule has 1 aliphatic rings. The number of methoxy groups -OCH3 is 1. The highest BCUT2D eigenvalue weighted by atomic mass is 16.5. The first-order chi connectivity index (χ1) is 14.0. The fourth-order valence-electron chi connectivity index (χ4n) is 3.05. The summed E-state index contributed by atoms with van der Waals surface area (Å²) >= 11 is 0. The van der Waals surface area contributed by atoms with Crippen LogP contribution >= 0.6 is 0 Å². The lowest BCUT2D eigenvalue weighted by molar-refractivity contribution is 0.0638. The van der Waals surface area contributed by atoms with Gasteiger partial charge in [-0.1, -0.05) is 0 Å². The highest BCUT2D eigenvalue weighted by molar-refractivity contribution is 6.22. The van der Waals surface area contributed by atoms with Crippen LogP contribution in [0.3, 0.4) is 0 Å². The van der Waals surface area contributed by atoms with Crippen LogP contribution in [0.5, 0.6) is 0 Å². The molecule has 0 aromatic heterocycles. The van der Waals surface area contributed by atoms with Gasteiger partial charge in [-0.15, -0.1) is 0 Å². The van der Waals surface area contributed by atoms with E-state index >= 15 is 0 Å². The van der Waals surface area contributed by atoms with E-state index in [9.17, 15) is 19.2 Å². The van der Waals surface area contributed by atoms with Crippen molar-refractivity contribution in [1.29, 1.82) is 0 Å². The van der Waals surface area contributed by atoms with Crippen LogP contribution in [0, 0.1) is 0 Å². The first-order valence-corrected chi connectivity index (χ1v) is 9.09. The third-order valence-electron chi connectivity index (χ3n) is 4.60. The molecule has 2 N–H and O–H groups in total. The van der Waals surface area contributed by atoms with Crippen molar-refractivity contribution in [3.8, 4) is 0 Å². The SMILES string of the molecule is CNC(=O)c1ccc(NC(=O)c2ccc3c(c2)C(=O)N(CCCOC)C3=O)cc1. The molecule has 0 bridgehead atoms. The first-order valence-electron chi connectivity index (χ1n) is 9.09. The van der Waals surface area contributed by atoms with E-state index in [2.05, 4.69) is 10.6 Å². The van der Waals surface area contributed by atoms with Crippen LogP contribution < -0.4 is 10.6 Å². The van der Waals surface area contributed by atoms with E-state index in [0.717, 1.165) is 0 Å². The van der Waals surface area contributed by atoms with E-state index in [1.54, 1.807) is 31.4 Å². The molecule has 0 radical (unpaired) electrons. The standard InChI is InChI=1S/C21H21N3O5/c1-22-18(25)13-4-7-15(8-5-13)23-19(26)14-6-9-16-17(12-14)21(28)24(20(16)27)10-3-11-29-2/h4-9,12H,3,10-11H2,1-2H3,(H,22,25)(H,23,26). The molecule has 8 nitrogen and oxygen atoms in total. The van der Waals surface area contributed by atoms with E-state index in [4.69, 9.17) is 4.74 Å². The Labute approximate surface area is 167 Å². The van der Waals surface area contributed by atoms with E-state index in [0.29, 0.717) is 29.8 Å². The molecule has 0 aliphatic carbocycles. The van der Waals surface area contributed by atoms with Crippen molar-refractivity contribution < 1.29 is 23.9 Å². The molecule has 8 heteroatoms. The Balaban J connectivity index is 1.73. The van der Waals surface area contributed by atoms with Gasteiger partial charge in [-0.2, -0.15) is 0 Å². The van der Waals surface area contributed by atoms with Gasteiger partial charge in [-0.05, 0) is 48.9 Å². The molecule has 2 aromatic rings. The number of amides is 4. The Morgan fingerprint density at radius 1 is 0.931 bits per heavy atom. The van der Waals surface area contributed by atoms with Gasteiger partial charge < -0.3 is 15.4 Å². The van der Waals surface area contributed by atoms with Crippen LogP contribution in [0.15, 0.2) is 42.5 Å². The Hall–Kier alpha value is -3.52. The summed E-state index contributed by atoms with van der Waals surface area (Å²) in [5.74, 6) is -1.41. The van der Waals surface area contributed by atoms with E-state index in [1.165, 1.54) is 30.1 Å². The van der Waals surface area contributed by atoms with Gasteiger partial charge in [0.1, 0.15) is 0 Å². The zero-order valence-corrected chi connectivity index (χ0v) is 16.2. The Kier molecular flexibility index (Phi) is 6.04. The summed E-state index contributed by atoms with van der Waals surface area (Å²) < 4.78 is 4.96. The highest BCUT2D eigenvalue weighted by Crippen LogP contribution is 2.24. The lowest BCUT2D eigenvalue weighted by atomic mass is 10.1. The number of nitrogens with zero attached hydrogens (tertiary/aromatic N) is 1. The maximum atomic E-state index is 12.6. The highest BCUT2D eigenvalue weighted by Gasteiger charge is 2.35. The van der Waals surface area contributed by atoms with Crippen molar-refractivity contribution in [2.75, 3.05) is 32.6 Å². The number of imide groups is 1. The molecule has 0 saturated heterocycles. The summed E-state index contributed by atoms with van der Waals surface area (Å²) in [5.41, 5.74) is 1.75. The number of carbonyl (C=O) groups is 4. The molecule has 0 atom stereocenters. The maximum absolute atomic E-state index is 12.6. The van der Waals surface area contributed by atoms with Crippen LogP contribution in [0.2, 0.25) is 0 Å². The summed E-state index contributed by atoms with van der Waals surface area (Å²) in [6.45, 7) is 0.708. The second kappa shape index (κ2) is 8.66. The number of carbonyl (C=O) groups excluding carboxylic acids is 4. The van der Waals surface area contributed by atoms with Crippen molar-refractivity contribution in [2.24, 2.45) is 0 Å². The molecule has 3 rings (SSSR count). The van der Waals surface area contributed by atoms with Crippen molar-refractivity contribution in [2.45, 2.75) is 6.42 Å². The van der Waals surface area contributed by atoms with E-state index < -0.39 is 11.8 Å². The lowest BCUT2D eigenvalue weighted by Crippen LogP contribution is -2.31. The number of anilines is 1. The van der Waals surface area contributed by atoms with Crippen LogP contribution in [0.25, 0.3) is 0 Å². The topological polar surface area (TPSA) is 105 Å². The van der Waals surface area contributed by atoms with E-state index in [1.807, 2.05) is 0 Å². The normalized spacial score (nSPS) is 12.7. The minimum atomic E-state index is -0.418. The molecule has 0 unspecified atom stereocenters. The van der Waals surface area contributed by atoms with Gasteiger partial charge in [0.15, 0.2) is 0 Å². The number of ether oxygens (including phenoxy) is 1. The molecular formula is C21H21N3O5. The van der Waals surface area contributed by atoms with Gasteiger partial charge >= 0.3 is 0 Å². The van der Waals surface area contributed by atoms with Crippen molar-refractivity contribution in [3.63, 3.8) is 0 Å². The average molecular weight is 395 g/mol. The lowest BCUT2D eigenvalue weighted by Gasteiger charge is -2.12. The van der Waals surface area contributed by atoms with Gasteiger partial charge in [-0.3, -0.25) is 24.1 Å². The molecule has 1 aliphatic heterocycles. The van der Waals surface area contributed by atoms with Crippen LogP contribution in [0.4, 0.5) is 5.69 Å². The second-order valence-electron chi connectivity index (χ2n) is 6.48. The van der Waals surface area contributed by atoms with Crippen molar-refractivity contribution in [3.05, 3.63) is 64.7 Å². The van der Waals surface area contributed by atoms with Gasteiger partial charge in [-0.25, -0.2) is 0 Å². The van der Waals surface area contributed by atoms with Gasteiger partial charge in [0.2, 0.25) is 0 Å². The zero-order chi connectivity index (χ0) is 21.0. The number of benzene rings is 2. The third-order valence-corrected chi connectivity index (χ3v) is 4.60. The third kappa shape index (κ3) is 4.17. The summed E-state index contributed by atoms with van der Waals surface area (Å²) in [5, 5.41) is 5.24. The Morgan fingerprint density at radius 2 is 1.59 bits per heavy atom. The molecule has 150 valence electrons. The number of hydrogen-bond donors (Lipinski definition) is 2. The largest absolute Gasteiger partial charge is 0.385 e. The number of rotatable bonds is 7. The molecule has 0 saturated carbocycles. The first kappa shape index (κ1) is 20.2. The van der Waals surface area contributed by atoms with Gasteiger partial charge in [0.25, 0.3) is 23.6 Å². The molecule has 2 aromatic carbocycles. The molecule has 29 heavy (non-hydrogen) atoms. The average Bonchev–Trinajstić information content (AvgIpc) is 2.98. The Morgan fingerprint density at radius 3 is 2.24 bits per heavy atom. The van der Waals surface area contributed by atoms with Crippen LogP contribution in [-0.2, 0) is 4.74 Å². The summed E-state index contributed by atoms with van der Waals surface area (Å²) in [6, 6.07) is 10.9. The second-order valence-corrected chi connectivity index (χ2v) is 6.48. The number of fused-ring (bicyclic) bond motifs is 1. The van der Waals surface area contributed by atoms with Crippen LogP contribution in [0.1, 0.15) is 47.9 Å². The monoisotopic (exact) mass is 395 g/mol. The zero-order valence-electron chi connectivity index (χ0n) is 16.2. The smallest absolute Gasteiger partial charge is 0.261 e. The van der Waals surface area contributed by atoms with Crippen molar-refractivity contribution >= 4 is 29.3 Å². The minimum absolute atomic E-state index is 0.218. The Bertz CT molecular complexity index is 969. The quantitative estimate of drug-likeness (QED) is 0.551. The molecule has 0 fully saturated rings. The molecule has 4 amide bonds. The predicted octanol–water partition coefficient (Wildman–Crippen LogP) is 1.93.